The van der Waals surface area contributed by atoms with Crippen molar-refractivity contribution in [2.24, 2.45) is 0 Å². The van der Waals surface area contributed by atoms with Gasteiger partial charge in [-0.05, 0) is 36.8 Å². The minimum absolute atomic E-state index is 0.0142. The number of aromatic amines is 1. The second-order valence-corrected chi connectivity index (χ2v) is 6.43. The van der Waals surface area contributed by atoms with Crippen molar-refractivity contribution in [2.75, 3.05) is 5.32 Å². The molecule has 1 aromatic heterocycles. The number of aromatic carboxylic acids is 1. The zero-order valence-corrected chi connectivity index (χ0v) is 14.6. The highest BCUT2D eigenvalue weighted by Crippen LogP contribution is 2.41. The Morgan fingerprint density at radius 3 is 2.57 bits per heavy atom. The van der Waals surface area contributed by atoms with E-state index in [9.17, 15) is 23.5 Å². The molecule has 1 amide bonds. The van der Waals surface area contributed by atoms with Crippen LogP contribution in [0.2, 0.25) is 0 Å². The summed E-state index contributed by atoms with van der Waals surface area (Å²) >= 11 is 0. The second kappa shape index (κ2) is 6.45. The number of aromatic nitrogens is 1. The Hall–Kier alpha value is -3.74. The van der Waals surface area contributed by atoms with Crippen molar-refractivity contribution in [1.82, 2.24) is 4.98 Å². The minimum atomic E-state index is -1.14. The normalized spacial score (nSPS) is 14.2. The van der Waals surface area contributed by atoms with Gasteiger partial charge in [0.05, 0.1) is 16.8 Å². The van der Waals surface area contributed by atoms with Gasteiger partial charge in [0.15, 0.2) is 11.6 Å². The van der Waals surface area contributed by atoms with Gasteiger partial charge < -0.3 is 15.4 Å². The topological polar surface area (TPSA) is 82.2 Å². The van der Waals surface area contributed by atoms with Gasteiger partial charge >= 0.3 is 5.97 Å². The maximum atomic E-state index is 14.4. The van der Waals surface area contributed by atoms with Gasteiger partial charge in [0.1, 0.15) is 0 Å². The first kappa shape index (κ1) is 17.7. The van der Waals surface area contributed by atoms with E-state index in [0.29, 0.717) is 22.5 Å². The van der Waals surface area contributed by atoms with Crippen LogP contribution in [-0.4, -0.2) is 22.0 Å². The van der Waals surface area contributed by atoms with Crippen molar-refractivity contribution in [3.63, 3.8) is 0 Å². The third-order valence-electron chi connectivity index (χ3n) is 4.57. The molecule has 3 N–H and O–H groups in total. The molecule has 4 rings (SSSR count). The first-order valence-corrected chi connectivity index (χ1v) is 8.40. The number of carbonyl (C=O) groups is 2. The van der Waals surface area contributed by atoms with Crippen LogP contribution < -0.4 is 5.32 Å². The van der Waals surface area contributed by atoms with E-state index in [1.807, 2.05) is 0 Å². The average molecular weight is 380 g/mol. The van der Waals surface area contributed by atoms with Crippen molar-refractivity contribution in [1.29, 1.82) is 0 Å². The molecule has 0 atom stereocenters. The Kier molecular flexibility index (Phi) is 4.07. The summed E-state index contributed by atoms with van der Waals surface area (Å²) in [6.07, 6.45) is 1.42. The number of anilines is 1. The van der Waals surface area contributed by atoms with Crippen LogP contribution in [0, 0.1) is 18.6 Å². The number of fused-ring (bicyclic) bond motifs is 1. The lowest BCUT2D eigenvalue weighted by Crippen LogP contribution is -2.04. The van der Waals surface area contributed by atoms with Crippen LogP contribution >= 0.6 is 0 Å². The van der Waals surface area contributed by atoms with E-state index in [1.54, 1.807) is 25.1 Å². The molecule has 0 radical (unpaired) electrons. The number of hydrogen-bond acceptors (Lipinski definition) is 2. The summed E-state index contributed by atoms with van der Waals surface area (Å²) in [5, 5.41) is 12.1. The van der Waals surface area contributed by atoms with Gasteiger partial charge in [0, 0.05) is 22.5 Å². The fourth-order valence-electron chi connectivity index (χ4n) is 3.37. The molecule has 1 aliphatic heterocycles. The molecule has 0 bridgehead atoms. The fraction of sp³-hybridized carbons (Fsp3) is 0.0476. The lowest BCUT2D eigenvalue weighted by atomic mass is 9.93. The van der Waals surface area contributed by atoms with Gasteiger partial charge in [0.2, 0.25) is 0 Å². The molecule has 0 saturated heterocycles. The Morgan fingerprint density at radius 1 is 1.11 bits per heavy atom. The van der Waals surface area contributed by atoms with Crippen molar-refractivity contribution < 1.29 is 23.5 Å². The number of halogens is 2. The lowest BCUT2D eigenvalue weighted by Gasteiger charge is -2.10. The molecule has 2 aromatic carbocycles. The molecule has 7 heteroatoms. The van der Waals surface area contributed by atoms with Gasteiger partial charge in [0.25, 0.3) is 5.91 Å². The Balaban J connectivity index is 1.95. The number of nitrogens with one attached hydrogen (secondary N) is 2. The maximum absolute atomic E-state index is 14.4. The van der Waals surface area contributed by atoms with E-state index in [-0.39, 0.29) is 22.4 Å². The SMILES string of the molecule is Cc1cc(C(=O)O)c(C=C2C(=O)Nc3cccc(-c4cccc(F)c4F)c32)[nH]1. The van der Waals surface area contributed by atoms with E-state index in [0.717, 1.165) is 6.07 Å². The molecule has 0 fully saturated rings. The standard InChI is InChI=1S/C21H14F2N2O3/c1-10-8-13(21(27)28)17(24-10)9-14-18-11(4-3-7-16(18)25-20(14)26)12-5-2-6-15(22)19(12)23/h2-9,24H,1H3,(H,25,26)(H,27,28). The first-order valence-electron chi connectivity index (χ1n) is 8.40. The number of H-pyrrole nitrogens is 1. The molecule has 140 valence electrons. The quantitative estimate of drug-likeness (QED) is 0.587. The van der Waals surface area contributed by atoms with Gasteiger partial charge in [-0.2, -0.15) is 0 Å². The summed E-state index contributed by atoms with van der Waals surface area (Å²) in [7, 11) is 0. The second-order valence-electron chi connectivity index (χ2n) is 6.43. The smallest absolute Gasteiger partial charge is 0.337 e. The summed E-state index contributed by atoms with van der Waals surface area (Å²) in [5.74, 6) is -3.61. The van der Waals surface area contributed by atoms with Gasteiger partial charge in [-0.1, -0.05) is 24.3 Å². The van der Waals surface area contributed by atoms with Crippen LogP contribution in [-0.2, 0) is 4.79 Å². The number of carboxylic acids is 1. The predicted octanol–water partition coefficient (Wildman–Crippen LogP) is 4.46. The number of hydrogen-bond donors (Lipinski definition) is 3. The molecule has 5 nitrogen and oxygen atoms in total. The Bertz CT molecular complexity index is 1180. The van der Waals surface area contributed by atoms with E-state index >= 15 is 0 Å². The molecule has 0 aliphatic carbocycles. The van der Waals surface area contributed by atoms with Crippen LogP contribution in [0.25, 0.3) is 22.8 Å². The monoisotopic (exact) mass is 380 g/mol. The predicted molar refractivity (Wildman–Crippen MR) is 101 cm³/mol. The highest BCUT2D eigenvalue weighted by atomic mass is 19.2. The van der Waals surface area contributed by atoms with E-state index in [1.165, 1.54) is 24.3 Å². The summed E-state index contributed by atoms with van der Waals surface area (Å²) < 4.78 is 28.1. The van der Waals surface area contributed by atoms with Crippen LogP contribution in [0.1, 0.15) is 27.3 Å². The molecule has 28 heavy (non-hydrogen) atoms. The number of carbonyl (C=O) groups excluding carboxylic acids is 1. The lowest BCUT2D eigenvalue weighted by molar-refractivity contribution is -0.110. The number of amides is 1. The molecule has 1 aliphatic rings. The molecular formula is C21H14F2N2O3. The Labute approximate surface area is 158 Å². The summed E-state index contributed by atoms with van der Waals surface area (Å²) in [4.78, 5) is 26.9. The van der Waals surface area contributed by atoms with E-state index in [4.69, 9.17) is 0 Å². The van der Waals surface area contributed by atoms with Crippen molar-refractivity contribution in [3.8, 4) is 11.1 Å². The van der Waals surface area contributed by atoms with Crippen LogP contribution in [0.5, 0.6) is 0 Å². The highest BCUT2D eigenvalue weighted by molar-refractivity contribution is 6.36. The first-order chi connectivity index (χ1) is 13.4. The van der Waals surface area contributed by atoms with Crippen LogP contribution in [0.15, 0.2) is 42.5 Å². The number of carboxylic acid groups (broad SMARTS) is 1. The van der Waals surface area contributed by atoms with Crippen molar-refractivity contribution in [2.45, 2.75) is 6.92 Å². The Morgan fingerprint density at radius 2 is 1.82 bits per heavy atom. The van der Waals surface area contributed by atoms with Crippen molar-refractivity contribution >= 4 is 29.2 Å². The zero-order chi connectivity index (χ0) is 20.0. The zero-order valence-electron chi connectivity index (χ0n) is 14.6. The highest BCUT2D eigenvalue weighted by Gasteiger charge is 2.29. The molecule has 0 saturated carbocycles. The van der Waals surface area contributed by atoms with Gasteiger partial charge in [-0.3, -0.25) is 4.79 Å². The average Bonchev–Trinajstić information content (AvgIpc) is 3.17. The molecular weight excluding hydrogens is 366 g/mol. The minimum Gasteiger partial charge on any atom is -0.478 e. The summed E-state index contributed by atoms with van der Waals surface area (Å²) in [5.41, 5.74) is 2.22. The maximum Gasteiger partial charge on any atom is 0.337 e. The molecule has 0 unspecified atom stereocenters. The third-order valence-corrected chi connectivity index (χ3v) is 4.57. The fourth-order valence-corrected chi connectivity index (χ4v) is 3.37. The van der Waals surface area contributed by atoms with Gasteiger partial charge in [-0.15, -0.1) is 0 Å². The molecule has 0 spiro atoms. The van der Waals surface area contributed by atoms with E-state index < -0.39 is 23.5 Å². The summed E-state index contributed by atoms with van der Waals surface area (Å²) in [6.45, 7) is 1.70. The third kappa shape index (κ3) is 2.77. The molecule has 2 heterocycles. The van der Waals surface area contributed by atoms with Crippen LogP contribution in [0.4, 0.5) is 14.5 Å². The van der Waals surface area contributed by atoms with Gasteiger partial charge in [-0.25, -0.2) is 13.6 Å². The number of rotatable bonds is 3. The number of aryl methyl sites for hydroxylation is 1. The summed E-state index contributed by atoms with van der Waals surface area (Å²) in [6, 6.07) is 10.1. The van der Waals surface area contributed by atoms with Crippen molar-refractivity contribution in [3.05, 3.63) is 76.6 Å². The molecule has 3 aromatic rings. The van der Waals surface area contributed by atoms with E-state index in [2.05, 4.69) is 10.3 Å². The number of benzene rings is 2. The largest absolute Gasteiger partial charge is 0.478 e. The van der Waals surface area contributed by atoms with Crippen LogP contribution in [0.3, 0.4) is 0 Å².